The van der Waals surface area contributed by atoms with Crippen LogP contribution in [0.2, 0.25) is 0 Å². The lowest BCUT2D eigenvalue weighted by Gasteiger charge is -2.29. The number of benzene rings is 1. The van der Waals surface area contributed by atoms with E-state index < -0.39 is 5.60 Å². The maximum absolute atomic E-state index is 12.9. The lowest BCUT2D eigenvalue weighted by atomic mass is 10.0. The molecule has 1 amide bonds. The van der Waals surface area contributed by atoms with Gasteiger partial charge in [-0.25, -0.2) is 0 Å². The van der Waals surface area contributed by atoms with E-state index in [-0.39, 0.29) is 12.5 Å². The van der Waals surface area contributed by atoms with Crippen LogP contribution < -0.4 is 15.4 Å². The van der Waals surface area contributed by atoms with Gasteiger partial charge in [-0.2, -0.15) is 0 Å². The number of rotatable bonds is 7. The molecule has 0 radical (unpaired) electrons. The molecule has 1 aliphatic heterocycles. The Labute approximate surface area is 181 Å². The molecule has 0 bridgehead atoms. The van der Waals surface area contributed by atoms with Crippen molar-refractivity contribution in [3.05, 3.63) is 60.4 Å². The second kappa shape index (κ2) is 8.87. The van der Waals surface area contributed by atoms with Gasteiger partial charge >= 0.3 is 0 Å². The second-order valence-corrected chi connectivity index (χ2v) is 7.92. The molecule has 1 fully saturated rings. The Morgan fingerprint density at radius 2 is 2.13 bits per heavy atom. The van der Waals surface area contributed by atoms with Crippen LogP contribution in [0.1, 0.15) is 16.8 Å². The third kappa shape index (κ3) is 4.60. The number of pyridine rings is 2. The fourth-order valence-corrected chi connectivity index (χ4v) is 4.04. The van der Waals surface area contributed by atoms with Gasteiger partial charge in [0.2, 0.25) is 0 Å². The Kier molecular flexibility index (Phi) is 6.01. The van der Waals surface area contributed by atoms with E-state index in [0.29, 0.717) is 44.0 Å². The van der Waals surface area contributed by atoms with E-state index in [1.807, 2.05) is 18.2 Å². The standard InChI is InChI=1S/C23H27N5O3/c1-27(22(29)17-4-2-5-18(14-17)31-13-9-24)15-23(30)8-12-28(16-23)20-7-11-25-19-6-3-10-26-21(19)20/h2-7,10-11,14,30H,8-9,12-13,15-16,24H2,1H3. The van der Waals surface area contributed by atoms with Gasteiger partial charge in [0.25, 0.3) is 5.91 Å². The zero-order valence-electron chi connectivity index (χ0n) is 17.6. The molecule has 1 aromatic carbocycles. The van der Waals surface area contributed by atoms with E-state index in [1.165, 1.54) is 0 Å². The number of hydrogen-bond acceptors (Lipinski definition) is 7. The van der Waals surface area contributed by atoms with Gasteiger partial charge in [0, 0.05) is 44.6 Å². The molecule has 3 heterocycles. The Morgan fingerprint density at radius 3 is 2.97 bits per heavy atom. The number of nitrogens with two attached hydrogens (primary N) is 1. The molecule has 31 heavy (non-hydrogen) atoms. The van der Waals surface area contributed by atoms with Crippen LogP contribution in [0.15, 0.2) is 54.9 Å². The number of fused-ring (bicyclic) bond motifs is 1. The summed E-state index contributed by atoms with van der Waals surface area (Å²) < 4.78 is 5.51. The first-order valence-electron chi connectivity index (χ1n) is 10.3. The van der Waals surface area contributed by atoms with E-state index in [4.69, 9.17) is 10.5 Å². The highest BCUT2D eigenvalue weighted by atomic mass is 16.5. The molecule has 0 spiro atoms. The molecule has 1 atom stereocenters. The minimum Gasteiger partial charge on any atom is -0.492 e. The smallest absolute Gasteiger partial charge is 0.253 e. The number of amides is 1. The number of carbonyl (C=O) groups excluding carboxylic acids is 1. The summed E-state index contributed by atoms with van der Waals surface area (Å²) in [7, 11) is 1.71. The molecule has 8 heteroatoms. The highest BCUT2D eigenvalue weighted by Gasteiger charge is 2.38. The van der Waals surface area contributed by atoms with Crippen LogP contribution in [0.5, 0.6) is 5.75 Å². The molecule has 4 rings (SSSR count). The molecule has 0 saturated carbocycles. The van der Waals surface area contributed by atoms with Gasteiger partial charge < -0.3 is 25.4 Å². The summed E-state index contributed by atoms with van der Waals surface area (Å²) in [6.45, 7) is 2.12. The molecule has 2 aromatic heterocycles. The average Bonchev–Trinajstić information content (AvgIpc) is 3.18. The molecule has 1 saturated heterocycles. The van der Waals surface area contributed by atoms with Crippen molar-refractivity contribution in [2.75, 3.05) is 44.7 Å². The van der Waals surface area contributed by atoms with E-state index in [9.17, 15) is 9.90 Å². The molecule has 3 N–H and O–H groups in total. The van der Waals surface area contributed by atoms with Crippen LogP contribution in [0, 0.1) is 0 Å². The molecule has 3 aromatic rings. The highest BCUT2D eigenvalue weighted by molar-refractivity contribution is 5.94. The number of likely N-dealkylation sites (N-methyl/N-ethyl adjacent to an activating group) is 1. The van der Waals surface area contributed by atoms with E-state index in [2.05, 4.69) is 14.9 Å². The predicted molar refractivity (Wildman–Crippen MR) is 119 cm³/mol. The quantitative estimate of drug-likeness (QED) is 0.598. The number of β-amino-alcohol motifs (C(OH)–C–C–N with tert-alkyl or cyclic N) is 1. The van der Waals surface area contributed by atoms with Crippen LogP contribution >= 0.6 is 0 Å². The van der Waals surface area contributed by atoms with Crippen molar-refractivity contribution in [1.29, 1.82) is 0 Å². The van der Waals surface area contributed by atoms with Gasteiger partial charge in [-0.1, -0.05) is 6.07 Å². The molecule has 162 valence electrons. The van der Waals surface area contributed by atoms with Gasteiger partial charge in [-0.05, 0) is 42.8 Å². The molecule has 0 aliphatic carbocycles. The number of aromatic nitrogens is 2. The number of hydrogen-bond donors (Lipinski definition) is 2. The van der Waals surface area contributed by atoms with Crippen LogP contribution in [0.3, 0.4) is 0 Å². The summed E-state index contributed by atoms with van der Waals surface area (Å²) >= 11 is 0. The zero-order chi connectivity index (χ0) is 21.8. The normalized spacial score (nSPS) is 18.4. The summed E-state index contributed by atoms with van der Waals surface area (Å²) in [5, 5.41) is 11.2. The lowest BCUT2D eigenvalue weighted by Crippen LogP contribution is -2.45. The molecular formula is C23H27N5O3. The van der Waals surface area contributed by atoms with Crippen molar-refractivity contribution < 1.29 is 14.6 Å². The summed E-state index contributed by atoms with van der Waals surface area (Å²) in [5.74, 6) is 0.439. The number of carbonyl (C=O) groups is 1. The van der Waals surface area contributed by atoms with Crippen molar-refractivity contribution in [2.45, 2.75) is 12.0 Å². The third-order valence-electron chi connectivity index (χ3n) is 5.49. The fraction of sp³-hybridized carbons (Fsp3) is 0.348. The first-order chi connectivity index (χ1) is 15.0. The minimum absolute atomic E-state index is 0.166. The number of ether oxygens (including phenoxy) is 1. The summed E-state index contributed by atoms with van der Waals surface area (Å²) in [5.41, 5.74) is 7.55. The Balaban J connectivity index is 1.45. The maximum Gasteiger partial charge on any atom is 0.253 e. The first-order valence-corrected chi connectivity index (χ1v) is 10.3. The van der Waals surface area contributed by atoms with Gasteiger partial charge in [0.15, 0.2) is 0 Å². The monoisotopic (exact) mass is 421 g/mol. The Hall–Kier alpha value is -3.23. The van der Waals surface area contributed by atoms with Crippen molar-refractivity contribution >= 4 is 22.6 Å². The van der Waals surface area contributed by atoms with Crippen LogP contribution in [0.25, 0.3) is 11.0 Å². The van der Waals surface area contributed by atoms with Crippen molar-refractivity contribution in [3.8, 4) is 5.75 Å². The van der Waals surface area contributed by atoms with E-state index in [1.54, 1.807) is 48.6 Å². The summed E-state index contributed by atoms with van der Waals surface area (Å²) in [6.07, 6.45) is 4.06. The lowest BCUT2D eigenvalue weighted by molar-refractivity contribution is 0.0264. The van der Waals surface area contributed by atoms with E-state index >= 15 is 0 Å². The van der Waals surface area contributed by atoms with Crippen molar-refractivity contribution in [1.82, 2.24) is 14.9 Å². The number of anilines is 1. The van der Waals surface area contributed by atoms with Crippen molar-refractivity contribution in [2.24, 2.45) is 5.73 Å². The maximum atomic E-state index is 12.9. The topological polar surface area (TPSA) is 105 Å². The molecule has 8 nitrogen and oxygen atoms in total. The van der Waals surface area contributed by atoms with Gasteiger partial charge in [0.1, 0.15) is 23.5 Å². The molecule has 1 aliphatic rings. The number of aliphatic hydroxyl groups is 1. The molecular weight excluding hydrogens is 394 g/mol. The third-order valence-corrected chi connectivity index (χ3v) is 5.49. The van der Waals surface area contributed by atoms with E-state index in [0.717, 1.165) is 16.7 Å². The fourth-order valence-electron chi connectivity index (χ4n) is 4.04. The molecule has 1 unspecified atom stereocenters. The minimum atomic E-state index is -1.01. The van der Waals surface area contributed by atoms with Crippen LogP contribution in [-0.2, 0) is 0 Å². The Bertz CT molecular complexity index is 1070. The summed E-state index contributed by atoms with van der Waals surface area (Å²) in [4.78, 5) is 25.4. The van der Waals surface area contributed by atoms with Gasteiger partial charge in [-0.3, -0.25) is 14.8 Å². The Morgan fingerprint density at radius 1 is 1.26 bits per heavy atom. The predicted octanol–water partition coefficient (Wildman–Crippen LogP) is 1.68. The number of nitrogens with zero attached hydrogens (tertiary/aromatic N) is 4. The average molecular weight is 422 g/mol. The zero-order valence-corrected chi connectivity index (χ0v) is 17.6. The van der Waals surface area contributed by atoms with Crippen LogP contribution in [-0.4, -0.2) is 71.3 Å². The highest BCUT2D eigenvalue weighted by Crippen LogP contribution is 2.31. The van der Waals surface area contributed by atoms with Crippen LogP contribution in [0.4, 0.5) is 5.69 Å². The summed E-state index contributed by atoms with van der Waals surface area (Å²) in [6, 6.07) is 12.7. The second-order valence-electron chi connectivity index (χ2n) is 7.92. The SMILES string of the molecule is CN(CC1(O)CCN(c2ccnc3cccnc23)C1)C(=O)c1cccc(OCCN)c1. The van der Waals surface area contributed by atoms with Crippen molar-refractivity contribution in [3.63, 3.8) is 0 Å². The first kappa shape index (κ1) is 21.0. The van der Waals surface area contributed by atoms with Gasteiger partial charge in [-0.15, -0.1) is 0 Å². The largest absolute Gasteiger partial charge is 0.492 e. The van der Waals surface area contributed by atoms with Gasteiger partial charge in [0.05, 0.1) is 17.7 Å².